The van der Waals surface area contributed by atoms with Gasteiger partial charge in [0, 0.05) is 45.0 Å². The van der Waals surface area contributed by atoms with Crippen LogP contribution in [-0.2, 0) is 5.41 Å². The summed E-state index contributed by atoms with van der Waals surface area (Å²) in [6.07, 6.45) is 0. The maximum Gasteiger partial charge on any atom is 0.252 e. The first-order valence-electron chi connectivity index (χ1n) is 27.6. The summed E-state index contributed by atoms with van der Waals surface area (Å²) in [4.78, 5) is 5.28. The lowest BCUT2D eigenvalue weighted by Gasteiger charge is -2.46. The predicted molar refractivity (Wildman–Crippen MR) is 337 cm³/mol. The summed E-state index contributed by atoms with van der Waals surface area (Å²) in [6.45, 7) is 6.82. The van der Waals surface area contributed by atoms with E-state index in [4.69, 9.17) is 0 Å². The molecule has 79 heavy (non-hydrogen) atoms. The molecule has 0 spiro atoms. The van der Waals surface area contributed by atoms with Gasteiger partial charge >= 0.3 is 0 Å². The van der Waals surface area contributed by atoms with Crippen molar-refractivity contribution in [3.63, 3.8) is 0 Å². The van der Waals surface area contributed by atoms with Gasteiger partial charge in [0.2, 0.25) is 0 Å². The fourth-order valence-electron chi connectivity index (χ4n) is 12.6. The highest BCUT2D eigenvalue weighted by Crippen LogP contribution is 2.54. The summed E-state index contributed by atoms with van der Waals surface area (Å²) in [5.41, 5.74) is 28.3. The Hall–Kier alpha value is -9.70. The second-order valence-corrected chi connectivity index (χ2v) is 22.0. The SMILES string of the molecule is CC(C)(C)c1ccccc1-c1ccc2c(c1)B1c3cc(-c4ccccc4)ccc3N(c3c(-c4ccccc4)cccc3-c3ccccc3)c3cc(-c4ccccc4)cc(c31)N2c1c(-c2ccccc2)cccc1-c1ccccc1. The van der Waals surface area contributed by atoms with Gasteiger partial charge in [-0.3, -0.25) is 0 Å². The Kier molecular flexibility index (Phi) is 11.9. The van der Waals surface area contributed by atoms with Gasteiger partial charge in [0.05, 0.1) is 11.4 Å². The third kappa shape index (κ3) is 8.38. The minimum atomic E-state index is -0.175. The van der Waals surface area contributed by atoms with Gasteiger partial charge in [0.1, 0.15) is 0 Å². The predicted octanol–water partition coefficient (Wildman–Crippen LogP) is 18.7. The molecule has 0 fully saturated rings. The number of anilines is 6. The minimum Gasteiger partial charge on any atom is -0.310 e. The van der Waals surface area contributed by atoms with Crippen LogP contribution >= 0.6 is 0 Å². The average molecular weight is 1010 g/mol. The Morgan fingerprint density at radius 3 is 0.987 bits per heavy atom. The molecule has 3 heteroatoms. The second-order valence-electron chi connectivity index (χ2n) is 22.0. The Balaban J connectivity index is 1.18. The van der Waals surface area contributed by atoms with E-state index in [0.29, 0.717) is 0 Å². The number of fused-ring (bicyclic) bond motifs is 4. The number of benzene rings is 12. The van der Waals surface area contributed by atoms with Gasteiger partial charge < -0.3 is 9.80 Å². The van der Waals surface area contributed by atoms with Crippen molar-refractivity contribution in [3.8, 4) is 77.9 Å². The molecule has 374 valence electrons. The second kappa shape index (κ2) is 19.7. The lowest BCUT2D eigenvalue weighted by atomic mass is 9.33. The van der Waals surface area contributed by atoms with Crippen molar-refractivity contribution in [1.29, 1.82) is 0 Å². The molecule has 0 aromatic heterocycles. The molecule has 0 aliphatic carbocycles. The lowest BCUT2D eigenvalue weighted by Crippen LogP contribution is -2.61. The van der Waals surface area contributed by atoms with Crippen LogP contribution in [-0.4, -0.2) is 6.71 Å². The van der Waals surface area contributed by atoms with Crippen LogP contribution in [0.25, 0.3) is 77.9 Å². The summed E-state index contributed by atoms with van der Waals surface area (Å²) in [5.74, 6) is 0. The molecule has 12 aromatic carbocycles. The molecule has 0 saturated heterocycles. The number of hydrogen-bond donors (Lipinski definition) is 0. The number of rotatable bonds is 9. The van der Waals surface area contributed by atoms with Crippen LogP contribution in [0.2, 0.25) is 0 Å². The molecule has 12 aromatic rings. The van der Waals surface area contributed by atoms with Crippen LogP contribution in [0, 0.1) is 0 Å². The Bertz CT molecular complexity index is 4080. The highest BCUT2D eigenvalue weighted by atomic mass is 15.2. The Labute approximate surface area is 465 Å². The third-order valence-corrected chi connectivity index (χ3v) is 16.2. The molecule has 2 aliphatic rings. The van der Waals surface area contributed by atoms with Crippen molar-refractivity contribution in [2.24, 2.45) is 0 Å². The fraction of sp³-hybridized carbons (Fsp3) is 0.0526. The van der Waals surface area contributed by atoms with E-state index in [1.807, 2.05) is 0 Å². The number of hydrogen-bond acceptors (Lipinski definition) is 2. The molecular formula is C76H57BN2. The van der Waals surface area contributed by atoms with Gasteiger partial charge in [-0.1, -0.05) is 288 Å². The largest absolute Gasteiger partial charge is 0.310 e. The molecule has 0 N–H and O–H groups in total. The summed E-state index contributed by atoms with van der Waals surface area (Å²) < 4.78 is 0. The van der Waals surface area contributed by atoms with Crippen LogP contribution in [0.3, 0.4) is 0 Å². The van der Waals surface area contributed by atoms with Crippen molar-refractivity contribution >= 4 is 57.2 Å². The van der Waals surface area contributed by atoms with Gasteiger partial charge in [-0.15, -0.1) is 0 Å². The van der Waals surface area contributed by atoms with Crippen molar-refractivity contribution in [2.75, 3.05) is 9.80 Å². The fourth-order valence-corrected chi connectivity index (χ4v) is 12.6. The van der Waals surface area contributed by atoms with Crippen LogP contribution in [0.4, 0.5) is 34.1 Å². The number of nitrogens with zero attached hydrogens (tertiary/aromatic N) is 2. The highest BCUT2D eigenvalue weighted by Gasteiger charge is 2.45. The van der Waals surface area contributed by atoms with Gasteiger partial charge in [0.15, 0.2) is 0 Å². The first kappa shape index (κ1) is 47.7. The molecule has 0 radical (unpaired) electrons. The van der Waals surface area contributed by atoms with Crippen molar-refractivity contribution in [3.05, 3.63) is 297 Å². The van der Waals surface area contributed by atoms with E-state index in [2.05, 4.69) is 322 Å². The quantitative estimate of drug-likeness (QED) is 0.133. The zero-order valence-electron chi connectivity index (χ0n) is 44.7. The van der Waals surface area contributed by atoms with Crippen LogP contribution in [0.15, 0.2) is 291 Å². The molecule has 14 rings (SSSR count). The van der Waals surface area contributed by atoms with Crippen molar-refractivity contribution < 1.29 is 0 Å². The maximum atomic E-state index is 2.65. The molecule has 0 amide bonds. The molecule has 0 saturated carbocycles. The molecule has 0 bridgehead atoms. The summed E-state index contributed by atoms with van der Waals surface area (Å²) in [6, 6.07) is 108. The normalized spacial score (nSPS) is 12.4. The van der Waals surface area contributed by atoms with Crippen LogP contribution < -0.4 is 26.2 Å². The van der Waals surface area contributed by atoms with Gasteiger partial charge in [-0.05, 0) is 107 Å². The van der Waals surface area contributed by atoms with Gasteiger partial charge in [-0.2, -0.15) is 0 Å². The maximum absolute atomic E-state index is 2.65. The summed E-state index contributed by atoms with van der Waals surface area (Å²) in [5, 5.41) is 0. The van der Waals surface area contributed by atoms with Crippen molar-refractivity contribution in [1.82, 2.24) is 0 Å². The zero-order valence-corrected chi connectivity index (χ0v) is 44.7. The Morgan fingerprint density at radius 2 is 0.582 bits per heavy atom. The van der Waals surface area contributed by atoms with Crippen molar-refractivity contribution in [2.45, 2.75) is 26.2 Å². The van der Waals surface area contributed by atoms with E-state index in [1.54, 1.807) is 0 Å². The molecule has 2 nitrogen and oxygen atoms in total. The minimum absolute atomic E-state index is 0.0868. The zero-order chi connectivity index (χ0) is 53.0. The lowest BCUT2D eigenvalue weighted by molar-refractivity contribution is 0.592. The van der Waals surface area contributed by atoms with E-state index in [9.17, 15) is 0 Å². The molecule has 2 heterocycles. The molecular weight excluding hydrogens is 952 g/mol. The van der Waals surface area contributed by atoms with E-state index in [0.717, 1.165) is 89.8 Å². The van der Waals surface area contributed by atoms with E-state index in [1.165, 1.54) is 44.2 Å². The molecule has 0 unspecified atom stereocenters. The summed E-state index contributed by atoms with van der Waals surface area (Å²) >= 11 is 0. The Morgan fingerprint density at radius 1 is 0.253 bits per heavy atom. The average Bonchev–Trinajstić information content (AvgIpc) is 2.70. The third-order valence-electron chi connectivity index (χ3n) is 16.2. The molecule has 0 atom stereocenters. The monoisotopic (exact) mass is 1010 g/mol. The van der Waals surface area contributed by atoms with Gasteiger partial charge in [-0.25, -0.2) is 0 Å². The van der Waals surface area contributed by atoms with E-state index >= 15 is 0 Å². The molecule has 2 aliphatic heterocycles. The number of para-hydroxylation sites is 2. The van der Waals surface area contributed by atoms with Crippen LogP contribution in [0.5, 0.6) is 0 Å². The van der Waals surface area contributed by atoms with Crippen LogP contribution in [0.1, 0.15) is 26.3 Å². The highest BCUT2D eigenvalue weighted by molar-refractivity contribution is 7.00. The van der Waals surface area contributed by atoms with Gasteiger partial charge in [0.25, 0.3) is 6.71 Å². The first-order valence-corrected chi connectivity index (χ1v) is 27.6. The topological polar surface area (TPSA) is 6.48 Å². The van der Waals surface area contributed by atoms with E-state index < -0.39 is 0 Å². The van der Waals surface area contributed by atoms with E-state index in [-0.39, 0.29) is 12.1 Å². The summed E-state index contributed by atoms with van der Waals surface area (Å²) in [7, 11) is 0. The first-order chi connectivity index (χ1) is 38.9. The standard InChI is InChI=1S/C76H57BN2/c1-76(2,3)66-43-23-22-38-61(66)59-45-47-70-68(49-59)77-67-48-58(52-26-10-4-11-27-52)44-46-69(67)78(74-62(54-30-14-6-15-31-54)39-24-40-63(74)55-32-16-7-17-33-55)71-50-60(53-28-12-5-13-29-53)51-72(73(71)77)79(70)75-64(56-34-18-8-19-35-56)41-25-42-65(75)57-36-20-9-21-37-57/h4-51H,1-3H3. The smallest absolute Gasteiger partial charge is 0.252 e.